The molecule has 0 aromatic heterocycles. The van der Waals surface area contributed by atoms with Crippen LogP contribution in [0, 0.1) is 5.82 Å². The third-order valence-corrected chi connectivity index (χ3v) is 4.12. The van der Waals surface area contributed by atoms with Gasteiger partial charge in [0.1, 0.15) is 5.82 Å². The molecular formula is C22H25FO4. The first-order chi connectivity index (χ1) is 13.1. The second-order valence-corrected chi connectivity index (χ2v) is 6.29. The Morgan fingerprint density at radius 2 is 1.33 bits per heavy atom. The third kappa shape index (κ3) is 7.21. The largest absolute Gasteiger partial charge is 0.462 e. The first kappa shape index (κ1) is 20.6. The van der Waals surface area contributed by atoms with E-state index in [2.05, 4.69) is 6.92 Å². The number of esters is 2. The Hall–Kier alpha value is -2.69. The number of rotatable bonds is 10. The van der Waals surface area contributed by atoms with E-state index < -0.39 is 5.97 Å². The summed E-state index contributed by atoms with van der Waals surface area (Å²) in [6, 6.07) is 12.3. The van der Waals surface area contributed by atoms with Gasteiger partial charge in [-0.3, -0.25) is 0 Å². The van der Waals surface area contributed by atoms with Gasteiger partial charge in [0.2, 0.25) is 0 Å². The number of ether oxygens (including phenoxy) is 2. The van der Waals surface area contributed by atoms with Crippen LogP contribution in [0.5, 0.6) is 0 Å². The van der Waals surface area contributed by atoms with E-state index in [0.717, 1.165) is 31.2 Å². The average molecular weight is 372 g/mol. The molecule has 0 amide bonds. The van der Waals surface area contributed by atoms with Crippen LogP contribution in [0.2, 0.25) is 0 Å². The van der Waals surface area contributed by atoms with E-state index in [-0.39, 0.29) is 18.4 Å². The van der Waals surface area contributed by atoms with Gasteiger partial charge < -0.3 is 9.47 Å². The number of hydrogen-bond acceptors (Lipinski definition) is 4. The van der Waals surface area contributed by atoms with Crippen LogP contribution in [0.3, 0.4) is 0 Å². The van der Waals surface area contributed by atoms with Gasteiger partial charge in [-0.1, -0.05) is 38.3 Å². The molecule has 0 heterocycles. The van der Waals surface area contributed by atoms with Crippen LogP contribution in [-0.2, 0) is 15.9 Å². The minimum atomic E-state index is -0.461. The average Bonchev–Trinajstić information content (AvgIpc) is 2.69. The number of halogens is 1. The topological polar surface area (TPSA) is 52.6 Å². The van der Waals surface area contributed by atoms with Crippen molar-refractivity contribution in [1.29, 1.82) is 0 Å². The molecule has 0 unspecified atom stereocenters. The van der Waals surface area contributed by atoms with Crippen molar-refractivity contribution in [1.82, 2.24) is 0 Å². The first-order valence-electron chi connectivity index (χ1n) is 9.29. The molecule has 2 rings (SSSR count). The minimum Gasteiger partial charge on any atom is -0.462 e. The van der Waals surface area contributed by atoms with Crippen LogP contribution in [0.25, 0.3) is 0 Å². The molecule has 0 fully saturated rings. The van der Waals surface area contributed by atoms with Crippen LogP contribution in [0.4, 0.5) is 4.39 Å². The summed E-state index contributed by atoms with van der Waals surface area (Å²) in [5.74, 6) is -1.14. The van der Waals surface area contributed by atoms with Gasteiger partial charge in [-0.2, -0.15) is 0 Å². The van der Waals surface area contributed by atoms with Gasteiger partial charge in [0, 0.05) is 6.42 Å². The quantitative estimate of drug-likeness (QED) is 0.437. The van der Waals surface area contributed by atoms with Crippen molar-refractivity contribution in [2.45, 2.75) is 39.0 Å². The molecule has 2 aromatic carbocycles. The molecule has 0 N–H and O–H groups in total. The van der Waals surface area contributed by atoms with E-state index in [4.69, 9.17) is 9.47 Å². The lowest BCUT2D eigenvalue weighted by Crippen LogP contribution is -2.10. The van der Waals surface area contributed by atoms with Gasteiger partial charge in [-0.25, -0.2) is 14.0 Å². The summed E-state index contributed by atoms with van der Waals surface area (Å²) in [5, 5.41) is 0. The van der Waals surface area contributed by atoms with Crippen molar-refractivity contribution in [2.75, 3.05) is 13.2 Å². The Labute approximate surface area is 159 Å². The molecule has 144 valence electrons. The normalized spacial score (nSPS) is 10.4. The molecule has 5 heteroatoms. The summed E-state index contributed by atoms with van der Waals surface area (Å²) in [5.41, 5.74) is 1.67. The molecule has 0 spiro atoms. The van der Waals surface area contributed by atoms with E-state index >= 15 is 0 Å². The summed E-state index contributed by atoms with van der Waals surface area (Å²) in [6.07, 6.45) is 4.68. The monoisotopic (exact) mass is 372 g/mol. The van der Waals surface area contributed by atoms with Crippen molar-refractivity contribution < 1.29 is 23.5 Å². The molecule has 0 atom stereocenters. The molecular weight excluding hydrogens is 347 g/mol. The molecule has 2 aromatic rings. The lowest BCUT2D eigenvalue weighted by molar-refractivity contribution is 0.0488. The van der Waals surface area contributed by atoms with Crippen LogP contribution >= 0.6 is 0 Å². The van der Waals surface area contributed by atoms with E-state index in [9.17, 15) is 14.0 Å². The second kappa shape index (κ2) is 11.1. The van der Waals surface area contributed by atoms with Crippen molar-refractivity contribution in [3.8, 4) is 0 Å². The molecule has 0 bridgehead atoms. The van der Waals surface area contributed by atoms with Crippen LogP contribution in [0.15, 0.2) is 48.5 Å². The van der Waals surface area contributed by atoms with E-state index in [1.165, 1.54) is 12.1 Å². The highest BCUT2D eigenvalue weighted by molar-refractivity contribution is 5.93. The van der Waals surface area contributed by atoms with Crippen molar-refractivity contribution in [2.24, 2.45) is 0 Å². The van der Waals surface area contributed by atoms with Gasteiger partial charge in [-0.05, 0) is 48.4 Å². The van der Waals surface area contributed by atoms with E-state index in [0.29, 0.717) is 24.2 Å². The summed E-state index contributed by atoms with van der Waals surface area (Å²) < 4.78 is 23.3. The Morgan fingerprint density at radius 3 is 1.89 bits per heavy atom. The SMILES string of the molecule is CCCCCCOC(=O)c1ccc(C(=O)OCCc2ccc(F)cc2)cc1. The summed E-state index contributed by atoms with van der Waals surface area (Å²) in [6.45, 7) is 2.74. The highest BCUT2D eigenvalue weighted by Crippen LogP contribution is 2.09. The van der Waals surface area contributed by atoms with Gasteiger partial charge >= 0.3 is 11.9 Å². The fourth-order valence-corrected chi connectivity index (χ4v) is 2.52. The lowest BCUT2D eigenvalue weighted by atomic mass is 10.1. The molecule has 0 aliphatic heterocycles. The van der Waals surface area contributed by atoms with Gasteiger partial charge in [-0.15, -0.1) is 0 Å². The second-order valence-electron chi connectivity index (χ2n) is 6.29. The minimum absolute atomic E-state index is 0.200. The molecule has 0 aliphatic carbocycles. The maximum Gasteiger partial charge on any atom is 0.338 e. The lowest BCUT2D eigenvalue weighted by Gasteiger charge is -2.07. The van der Waals surface area contributed by atoms with E-state index in [1.807, 2.05) is 0 Å². The molecule has 0 saturated heterocycles. The zero-order valence-electron chi connectivity index (χ0n) is 15.6. The Kier molecular flexibility index (Phi) is 8.49. The standard InChI is InChI=1S/C22H25FO4/c1-2-3-4-5-15-26-21(24)18-8-10-19(11-9-18)22(25)27-16-14-17-6-12-20(23)13-7-17/h6-13H,2-5,14-16H2,1H3. The fraction of sp³-hybridized carbons (Fsp3) is 0.364. The molecule has 0 aliphatic rings. The van der Waals surface area contributed by atoms with Crippen molar-refractivity contribution in [3.63, 3.8) is 0 Å². The Bertz CT molecular complexity index is 723. The van der Waals surface area contributed by atoms with E-state index in [1.54, 1.807) is 36.4 Å². The maximum atomic E-state index is 12.8. The van der Waals surface area contributed by atoms with Crippen LogP contribution in [-0.4, -0.2) is 25.2 Å². The van der Waals surface area contributed by atoms with Gasteiger partial charge in [0.25, 0.3) is 0 Å². The van der Waals surface area contributed by atoms with Crippen molar-refractivity contribution in [3.05, 3.63) is 71.0 Å². The summed E-state index contributed by atoms with van der Waals surface area (Å²) in [7, 11) is 0. The maximum absolute atomic E-state index is 12.8. The smallest absolute Gasteiger partial charge is 0.338 e. The predicted molar refractivity (Wildman–Crippen MR) is 101 cm³/mol. The fourth-order valence-electron chi connectivity index (χ4n) is 2.52. The number of hydrogen-bond donors (Lipinski definition) is 0. The Balaban J connectivity index is 1.75. The zero-order chi connectivity index (χ0) is 19.5. The molecule has 0 saturated carbocycles. The third-order valence-electron chi connectivity index (χ3n) is 4.12. The number of carbonyl (C=O) groups is 2. The summed E-state index contributed by atoms with van der Waals surface area (Å²) in [4.78, 5) is 24.0. The molecule has 27 heavy (non-hydrogen) atoms. The first-order valence-corrected chi connectivity index (χ1v) is 9.29. The Morgan fingerprint density at radius 1 is 0.778 bits per heavy atom. The number of carbonyl (C=O) groups excluding carboxylic acids is 2. The number of benzene rings is 2. The molecule has 0 radical (unpaired) electrons. The highest BCUT2D eigenvalue weighted by atomic mass is 19.1. The zero-order valence-corrected chi connectivity index (χ0v) is 15.6. The number of unbranched alkanes of at least 4 members (excludes halogenated alkanes) is 3. The summed E-state index contributed by atoms with van der Waals surface area (Å²) >= 11 is 0. The highest BCUT2D eigenvalue weighted by Gasteiger charge is 2.11. The van der Waals surface area contributed by atoms with Crippen molar-refractivity contribution >= 4 is 11.9 Å². The van der Waals surface area contributed by atoms with Gasteiger partial charge in [0.15, 0.2) is 0 Å². The predicted octanol–water partition coefficient (Wildman–Crippen LogP) is 4.96. The van der Waals surface area contributed by atoms with Gasteiger partial charge in [0.05, 0.1) is 24.3 Å². The molecule has 4 nitrogen and oxygen atoms in total. The van der Waals surface area contributed by atoms with Crippen LogP contribution < -0.4 is 0 Å². The van der Waals surface area contributed by atoms with Crippen LogP contribution in [0.1, 0.15) is 58.9 Å².